The van der Waals surface area contributed by atoms with Gasteiger partial charge >= 0.3 is 0 Å². The fourth-order valence-electron chi connectivity index (χ4n) is 1.76. The molecule has 2 aromatic rings. The second kappa shape index (κ2) is 6.69. The van der Waals surface area contributed by atoms with Gasteiger partial charge in [-0.05, 0) is 31.2 Å². The third-order valence-corrected chi connectivity index (χ3v) is 2.77. The molecule has 1 aromatic carbocycles. The number of anilines is 2. The molecule has 0 radical (unpaired) electrons. The molecule has 0 unspecified atom stereocenters. The van der Waals surface area contributed by atoms with Gasteiger partial charge in [-0.2, -0.15) is 0 Å². The molecule has 1 amide bonds. The number of hydrogen-bond acceptors (Lipinski definition) is 4. The minimum Gasteiger partial charge on any atom is -0.491 e. The Balaban J connectivity index is 2.13. The predicted octanol–water partition coefficient (Wildman–Crippen LogP) is 2.91. The Morgan fingerprint density at radius 1 is 1.33 bits per heavy atom. The van der Waals surface area contributed by atoms with Crippen molar-refractivity contribution in [3.8, 4) is 5.75 Å². The highest BCUT2D eigenvalue weighted by Gasteiger charge is 2.09. The third kappa shape index (κ3) is 3.68. The summed E-state index contributed by atoms with van der Waals surface area (Å²) >= 11 is 0. The van der Waals surface area contributed by atoms with Crippen molar-refractivity contribution in [3.05, 3.63) is 47.9 Å². The van der Waals surface area contributed by atoms with Crippen LogP contribution in [0, 0.1) is 5.82 Å². The summed E-state index contributed by atoms with van der Waals surface area (Å²) < 4.78 is 18.8. The molecule has 2 N–H and O–H groups in total. The normalized spacial score (nSPS) is 10.0. The van der Waals surface area contributed by atoms with E-state index in [0.29, 0.717) is 23.7 Å². The summed E-state index contributed by atoms with van der Waals surface area (Å²) in [6.07, 6.45) is 1.53. The van der Waals surface area contributed by atoms with Gasteiger partial charge in [-0.15, -0.1) is 0 Å². The molecule has 0 aliphatic carbocycles. The zero-order chi connectivity index (χ0) is 15.2. The van der Waals surface area contributed by atoms with E-state index in [2.05, 4.69) is 15.6 Å². The molecule has 0 saturated carbocycles. The van der Waals surface area contributed by atoms with E-state index in [9.17, 15) is 9.18 Å². The van der Waals surface area contributed by atoms with Crippen LogP contribution >= 0.6 is 0 Å². The van der Waals surface area contributed by atoms with Crippen LogP contribution in [-0.2, 0) is 0 Å². The fraction of sp³-hybridized carbons (Fsp3) is 0.200. The highest BCUT2D eigenvalue weighted by atomic mass is 19.1. The minimum absolute atomic E-state index is 0.164. The average Bonchev–Trinajstić information content (AvgIpc) is 2.50. The quantitative estimate of drug-likeness (QED) is 0.888. The van der Waals surface area contributed by atoms with Crippen molar-refractivity contribution in [1.29, 1.82) is 0 Å². The van der Waals surface area contributed by atoms with E-state index in [0.717, 1.165) is 0 Å². The number of benzene rings is 1. The second-order valence-electron chi connectivity index (χ2n) is 4.21. The van der Waals surface area contributed by atoms with Gasteiger partial charge in [0.05, 0.1) is 6.61 Å². The lowest BCUT2D eigenvalue weighted by molar-refractivity contribution is 0.102. The second-order valence-corrected chi connectivity index (χ2v) is 4.21. The summed E-state index contributed by atoms with van der Waals surface area (Å²) in [5.41, 5.74) is 0.799. The van der Waals surface area contributed by atoms with Crippen molar-refractivity contribution in [2.75, 3.05) is 24.3 Å². The molecule has 2 rings (SSSR count). The van der Waals surface area contributed by atoms with Crippen molar-refractivity contribution >= 4 is 17.4 Å². The smallest absolute Gasteiger partial charge is 0.255 e. The number of rotatable bonds is 5. The van der Waals surface area contributed by atoms with E-state index >= 15 is 0 Å². The Kier molecular flexibility index (Phi) is 4.71. The van der Waals surface area contributed by atoms with Crippen LogP contribution in [0.15, 0.2) is 36.5 Å². The number of nitrogens with one attached hydrogen (secondary N) is 2. The number of pyridine rings is 1. The number of carbonyl (C=O) groups excluding carboxylic acids is 1. The molecule has 0 spiro atoms. The molecular formula is C15H16FN3O2. The van der Waals surface area contributed by atoms with Gasteiger partial charge in [0, 0.05) is 30.6 Å². The average molecular weight is 289 g/mol. The number of amides is 1. The molecule has 0 aliphatic rings. The van der Waals surface area contributed by atoms with Crippen molar-refractivity contribution in [2.45, 2.75) is 6.92 Å². The van der Waals surface area contributed by atoms with E-state index in [1.165, 1.54) is 18.3 Å². The third-order valence-electron chi connectivity index (χ3n) is 2.77. The van der Waals surface area contributed by atoms with Gasteiger partial charge in [0.15, 0.2) is 11.6 Å². The van der Waals surface area contributed by atoms with Crippen LogP contribution in [0.1, 0.15) is 17.3 Å². The van der Waals surface area contributed by atoms with Crippen LogP contribution in [0.25, 0.3) is 0 Å². The fourth-order valence-corrected chi connectivity index (χ4v) is 1.76. The number of ether oxygens (including phenoxy) is 1. The Morgan fingerprint density at radius 3 is 2.81 bits per heavy atom. The first-order valence-corrected chi connectivity index (χ1v) is 6.51. The number of nitrogens with zero attached hydrogens (tertiary/aromatic N) is 1. The monoisotopic (exact) mass is 289 g/mol. The largest absolute Gasteiger partial charge is 0.491 e. The molecule has 21 heavy (non-hydrogen) atoms. The van der Waals surface area contributed by atoms with Crippen LogP contribution < -0.4 is 15.4 Å². The van der Waals surface area contributed by atoms with Crippen molar-refractivity contribution in [1.82, 2.24) is 4.98 Å². The van der Waals surface area contributed by atoms with Crippen LogP contribution in [0.5, 0.6) is 5.75 Å². The topological polar surface area (TPSA) is 63.2 Å². The molecule has 0 bridgehead atoms. The van der Waals surface area contributed by atoms with Crippen LogP contribution in [0.3, 0.4) is 0 Å². The lowest BCUT2D eigenvalue weighted by Gasteiger charge is -2.09. The number of aromatic nitrogens is 1. The molecule has 0 atom stereocenters. The van der Waals surface area contributed by atoms with E-state index in [1.54, 1.807) is 32.2 Å². The molecule has 0 fully saturated rings. The van der Waals surface area contributed by atoms with Crippen LogP contribution in [-0.4, -0.2) is 24.5 Å². The van der Waals surface area contributed by atoms with Gasteiger partial charge in [-0.3, -0.25) is 4.79 Å². The molecule has 1 aromatic heterocycles. The van der Waals surface area contributed by atoms with Gasteiger partial charge in [-0.1, -0.05) is 0 Å². The molecular weight excluding hydrogens is 273 g/mol. The van der Waals surface area contributed by atoms with Gasteiger partial charge in [0.25, 0.3) is 5.91 Å². The Labute approximate surface area is 122 Å². The van der Waals surface area contributed by atoms with E-state index in [-0.39, 0.29) is 11.7 Å². The Morgan fingerprint density at radius 2 is 2.14 bits per heavy atom. The first-order chi connectivity index (χ1) is 10.1. The zero-order valence-electron chi connectivity index (χ0n) is 11.8. The van der Waals surface area contributed by atoms with E-state index in [1.807, 2.05) is 0 Å². The Hall–Kier alpha value is -2.63. The van der Waals surface area contributed by atoms with Gasteiger partial charge in [0.2, 0.25) is 0 Å². The lowest BCUT2D eigenvalue weighted by atomic mass is 10.2. The minimum atomic E-state index is -0.514. The summed E-state index contributed by atoms with van der Waals surface area (Å²) in [6, 6.07) is 7.50. The standard InChI is InChI=1S/C15H16FN3O2/c1-3-21-13-5-4-11(9-12(13)16)19-15(20)10-6-7-18-14(8-10)17-2/h4-9H,3H2,1-2H3,(H,17,18)(H,19,20). The SMILES string of the molecule is CCOc1ccc(NC(=O)c2ccnc(NC)c2)cc1F. The first kappa shape index (κ1) is 14.8. The summed E-state index contributed by atoms with van der Waals surface area (Å²) in [7, 11) is 1.71. The van der Waals surface area contributed by atoms with Gasteiger partial charge < -0.3 is 15.4 Å². The predicted molar refractivity (Wildman–Crippen MR) is 79.3 cm³/mol. The summed E-state index contributed by atoms with van der Waals surface area (Å²) in [5.74, 6) is -0.102. The van der Waals surface area contributed by atoms with Crippen molar-refractivity contribution < 1.29 is 13.9 Å². The van der Waals surface area contributed by atoms with Gasteiger partial charge in [-0.25, -0.2) is 9.37 Å². The number of hydrogen-bond donors (Lipinski definition) is 2. The molecule has 110 valence electrons. The van der Waals surface area contributed by atoms with Crippen LogP contribution in [0.4, 0.5) is 15.9 Å². The maximum atomic E-state index is 13.7. The molecule has 6 heteroatoms. The van der Waals surface area contributed by atoms with Crippen molar-refractivity contribution in [3.63, 3.8) is 0 Å². The van der Waals surface area contributed by atoms with E-state index < -0.39 is 5.82 Å². The lowest BCUT2D eigenvalue weighted by Crippen LogP contribution is -2.12. The first-order valence-electron chi connectivity index (χ1n) is 6.51. The molecule has 5 nitrogen and oxygen atoms in total. The maximum absolute atomic E-state index is 13.7. The van der Waals surface area contributed by atoms with E-state index in [4.69, 9.17) is 4.74 Å². The van der Waals surface area contributed by atoms with Crippen molar-refractivity contribution in [2.24, 2.45) is 0 Å². The molecule has 0 aliphatic heterocycles. The van der Waals surface area contributed by atoms with Crippen LogP contribution in [0.2, 0.25) is 0 Å². The molecule has 1 heterocycles. The Bertz CT molecular complexity index is 647. The summed E-state index contributed by atoms with van der Waals surface area (Å²) in [6.45, 7) is 2.16. The molecule has 0 saturated heterocycles. The zero-order valence-corrected chi connectivity index (χ0v) is 11.8. The number of halogens is 1. The highest BCUT2D eigenvalue weighted by molar-refractivity contribution is 6.04. The number of carbonyl (C=O) groups is 1. The summed E-state index contributed by atoms with van der Waals surface area (Å²) in [5, 5.41) is 5.48. The highest BCUT2D eigenvalue weighted by Crippen LogP contribution is 2.21. The summed E-state index contributed by atoms with van der Waals surface area (Å²) in [4.78, 5) is 16.1. The maximum Gasteiger partial charge on any atom is 0.255 e. The van der Waals surface area contributed by atoms with Gasteiger partial charge in [0.1, 0.15) is 5.82 Å².